The van der Waals surface area contributed by atoms with Crippen LogP contribution in [0, 0.1) is 0 Å². The first kappa shape index (κ1) is 18.6. The second-order valence-corrected chi connectivity index (χ2v) is 8.78. The minimum Gasteiger partial charge on any atom is -0.437 e. The van der Waals surface area contributed by atoms with E-state index in [1.165, 1.54) is 11.1 Å². The molecule has 0 atom stereocenters. The molecule has 148 valence electrons. The molecular formula is C27H24N2O. The summed E-state index contributed by atoms with van der Waals surface area (Å²) < 4.78 is 6.29. The largest absolute Gasteiger partial charge is 0.437 e. The normalized spacial score (nSPS) is 12.0. The van der Waals surface area contributed by atoms with Crippen molar-refractivity contribution in [1.82, 2.24) is 9.97 Å². The number of furan rings is 1. The number of fused-ring (bicyclic) bond motifs is 3. The zero-order valence-corrected chi connectivity index (χ0v) is 17.5. The summed E-state index contributed by atoms with van der Waals surface area (Å²) in [6, 6.07) is 25.1. The van der Waals surface area contributed by atoms with Crippen molar-refractivity contribution in [3.63, 3.8) is 0 Å². The molecule has 3 nitrogen and oxygen atoms in total. The van der Waals surface area contributed by atoms with Crippen molar-refractivity contribution in [1.29, 1.82) is 0 Å². The summed E-state index contributed by atoms with van der Waals surface area (Å²) in [6.45, 7) is 6.64. The maximum absolute atomic E-state index is 6.29. The third-order valence-corrected chi connectivity index (χ3v) is 5.55. The summed E-state index contributed by atoms with van der Waals surface area (Å²) >= 11 is 0. The quantitative estimate of drug-likeness (QED) is 0.334. The molecule has 0 saturated heterocycles. The van der Waals surface area contributed by atoms with Crippen LogP contribution in [-0.4, -0.2) is 9.97 Å². The lowest BCUT2D eigenvalue weighted by Crippen LogP contribution is -2.11. The zero-order valence-electron chi connectivity index (χ0n) is 17.5. The van der Waals surface area contributed by atoms with Gasteiger partial charge in [-0.1, -0.05) is 63.2 Å². The first-order valence-electron chi connectivity index (χ1n) is 10.3. The second-order valence-electron chi connectivity index (χ2n) is 8.78. The van der Waals surface area contributed by atoms with Crippen LogP contribution in [0.1, 0.15) is 37.6 Å². The maximum Gasteiger partial charge on any atom is 0.227 e. The molecule has 3 heteroatoms. The first-order chi connectivity index (χ1) is 14.5. The highest BCUT2D eigenvalue weighted by atomic mass is 16.3. The number of rotatable bonds is 3. The molecule has 0 bridgehead atoms. The van der Waals surface area contributed by atoms with E-state index in [9.17, 15) is 0 Å². The Labute approximate surface area is 176 Å². The van der Waals surface area contributed by atoms with Crippen LogP contribution >= 0.6 is 0 Å². The predicted molar refractivity (Wildman–Crippen MR) is 123 cm³/mol. The number of aromatic nitrogens is 2. The molecule has 5 aromatic rings. The van der Waals surface area contributed by atoms with E-state index in [0.29, 0.717) is 5.71 Å². The van der Waals surface area contributed by atoms with Crippen molar-refractivity contribution in [2.45, 2.75) is 32.6 Å². The number of benzene rings is 2. The van der Waals surface area contributed by atoms with Crippen LogP contribution in [0.15, 0.2) is 83.4 Å². The molecular weight excluding hydrogens is 368 g/mol. The molecule has 0 amide bonds. The second kappa shape index (κ2) is 7.10. The Kier molecular flexibility index (Phi) is 4.39. The third-order valence-electron chi connectivity index (χ3n) is 5.55. The lowest BCUT2D eigenvalue weighted by molar-refractivity contribution is 0.589. The van der Waals surface area contributed by atoms with E-state index in [2.05, 4.69) is 92.5 Å². The van der Waals surface area contributed by atoms with Gasteiger partial charge in [0.05, 0.1) is 5.69 Å². The van der Waals surface area contributed by atoms with Gasteiger partial charge in [-0.3, -0.25) is 4.98 Å². The molecule has 0 spiro atoms. The van der Waals surface area contributed by atoms with E-state index in [0.717, 1.165) is 39.7 Å². The van der Waals surface area contributed by atoms with E-state index < -0.39 is 0 Å². The molecule has 2 aromatic carbocycles. The number of nitrogens with zero attached hydrogens (tertiary/aromatic N) is 2. The maximum atomic E-state index is 6.29. The highest BCUT2D eigenvalue weighted by Gasteiger charge is 2.18. The lowest BCUT2D eigenvalue weighted by Gasteiger charge is -2.19. The SMILES string of the molecule is CC(C)(C)c1ccnc(-c2cccc3c2oc2nc(Cc4ccccc4)ccc23)c1. The number of hydrogen-bond donors (Lipinski definition) is 0. The first-order valence-corrected chi connectivity index (χ1v) is 10.3. The van der Waals surface area contributed by atoms with Crippen molar-refractivity contribution >= 4 is 22.1 Å². The summed E-state index contributed by atoms with van der Waals surface area (Å²) in [7, 11) is 0. The average Bonchev–Trinajstić information content (AvgIpc) is 3.12. The van der Waals surface area contributed by atoms with Gasteiger partial charge < -0.3 is 4.42 Å². The highest BCUT2D eigenvalue weighted by molar-refractivity contribution is 6.08. The van der Waals surface area contributed by atoms with Crippen LogP contribution in [0.5, 0.6) is 0 Å². The Bertz CT molecular complexity index is 1340. The van der Waals surface area contributed by atoms with E-state index in [1.807, 2.05) is 12.3 Å². The minimum atomic E-state index is 0.0629. The summed E-state index contributed by atoms with van der Waals surface area (Å²) in [5.41, 5.74) is 7.01. The van der Waals surface area contributed by atoms with E-state index >= 15 is 0 Å². The molecule has 3 aromatic heterocycles. The Hall–Kier alpha value is -3.46. The fourth-order valence-electron chi connectivity index (χ4n) is 3.87. The van der Waals surface area contributed by atoms with Gasteiger partial charge in [0.15, 0.2) is 0 Å². The van der Waals surface area contributed by atoms with Gasteiger partial charge >= 0.3 is 0 Å². The molecule has 0 radical (unpaired) electrons. The van der Waals surface area contributed by atoms with E-state index in [4.69, 9.17) is 9.40 Å². The Morgan fingerprint density at radius 2 is 1.67 bits per heavy atom. The Balaban J connectivity index is 1.62. The van der Waals surface area contributed by atoms with Gasteiger partial charge in [0.25, 0.3) is 0 Å². The van der Waals surface area contributed by atoms with Crippen molar-refractivity contribution in [3.8, 4) is 11.3 Å². The standard InChI is InChI=1S/C27H24N2O/c1-27(2,3)19-14-15-28-24(17-19)23-11-7-10-21-22-13-12-20(29-26(22)30-25(21)23)16-18-8-5-4-6-9-18/h4-15,17H,16H2,1-3H3. The van der Waals surface area contributed by atoms with Gasteiger partial charge in [-0.05, 0) is 46.9 Å². The van der Waals surface area contributed by atoms with Crippen LogP contribution in [0.4, 0.5) is 0 Å². The average molecular weight is 393 g/mol. The molecule has 30 heavy (non-hydrogen) atoms. The lowest BCUT2D eigenvalue weighted by atomic mass is 9.87. The smallest absolute Gasteiger partial charge is 0.227 e. The number of para-hydroxylation sites is 1. The molecule has 0 saturated carbocycles. The van der Waals surface area contributed by atoms with Crippen LogP contribution in [0.2, 0.25) is 0 Å². The Morgan fingerprint density at radius 3 is 2.47 bits per heavy atom. The fourth-order valence-corrected chi connectivity index (χ4v) is 3.87. The van der Waals surface area contributed by atoms with Crippen LogP contribution < -0.4 is 0 Å². The zero-order chi connectivity index (χ0) is 20.7. The van der Waals surface area contributed by atoms with Crippen molar-refractivity contribution in [2.24, 2.45) is 0 Å². The van der Waals surface area contributed by atoms with E-state index in [1.54, 1.807) is 0 Å². The molecule has 0 N–H and O–H groups in total. The summed E-state index contributed by atoms with van der Waals surface area (Å²) in [5, 5.41) is 2.11. The molecule has 0 aliphatic carbocycles. The molecule has 5 rings (SSSR count). The third kappa shape index (κ3) is 3.37. The highest BCUT2D eigenvalue weighted by Crippen LogP contribution is 2.35. The fraction of sp³-hybridized carbons (Fsp3) is 0.185. The van der Waals surface area contributed by atoms with Gasteiger partial charge in [0.2, 0.25) is 5.71 Å². The van der Waals surface area contributed by atoms with Gasteiger partial charge in [0, 0.05) is 34.6 Å². The van der Waals surface area contributed by atoms with Gasteiger partial charge in [-0.2, -0.15) is 0 Å². The number of pyridine rings is 2. The molecule has 0 fully saturated rings. The van der Waals surface area contributed by atoms with Gasteiger partial charge in [-0.15, -0.1) is 0 Å². The van der Waals surface area contributed by atoms with Gasteiger partial charge in [-0.25, -0.2) is 4.98 Å². The summed E-state index contributed by atoms with van der Waals surface area (Å²) in [4.78, 5) is 9.45. The monoisotopic (exact) mass is 392 g/mol. The van der Waals surface area contributed by atoms with Crippen LogP contribution in [0.3, 0.4) is 0 Å². The molecule has 0 aliphatic rings. The van der Waals surface area contributed by atoms with Crippen molar-refractivity contribution < 1.29 is 4.42 Å². The van der Waals surface area contributed by atoms with Crippen molar-refractivity contribution in [2.75, 3.05) is 0 Å². The summed E-state index contributed by atoms with van der Waals surface area (Å²) in [6.07, 6.45) is 2.67. The van der Waals surface area contributed by atoms with Gasteiger partial charge in [0.1, 0.15) is 5.58 Å². The Morgan fingerprint density at radius 1 is 0.833 bits per heavy atom. The predicted octanol–water partition coefficient (Wildman–Crippen LogP) is 6.93. The molecule has 0 aliphatic heterocycles. The van der Waals surface area contributed by atoms with Crippen LogP contribution in [0.25, 0.3) is 33.3 Å². The summed E-state index contributed by atoms with van der Waals surface area (Å²) in [5.74, 6) is 0. The number of hydrogen-bond acceptors (Lipinski definition) is 3. The van der Waals surface area contributed by atoms with Crippen LogP contribution in [-0.2, 0) is 11.8 Å². The molecule has 0 unspecified atom stereocenters. The minimum absolute atomic E-state index is 0.0629. The van der Waals surface area contributed by atoms with E-state index in [-0.39, 0.29) is 5.41 Å². The molecule has 3 heterocycles. The topological polar surface area (TPSA) is 38.9 Å². The van der Waals surface area contributed by atoms with Crippen molar-refractivity contribution in [3.05, 3.63) is 95.8 Å².